The zero-order chi connectivity index (χ0) is 11.8. The summed E-state index contributed by atoms with van der Waals surface area (Å²) in [6, 6.07) is 0. The summed E-state index contributed by atoms with van der Waals surface area (Å²) in [5.41, 5.74) is 2.72. The van der Waals surface area contributed by atoms with Gasteiger partial charge in [0.15, 0.2) is 0 Å². The Balaban J connectivity index is 1.96. The number of aliphatic carboxylic acids is 1. The second-order valence-corrected chi connectivity index (χ2v) is 4.70. The van der Waals surface area contributed by atoms with Crippen LogP contribution in [0.15, 0.2) is 10.8 Å². The van der Waals surface area contributed by atoms with Crippen LogP contribution in [0.2, 0.25) is 0 Å². The summed E-state index contributed by atoms with van der Waals surface area (Å²) in [6.45, 7) is 4.02. The lowest BCUT2D eigenvalue weighted by Crippen LogP contribution is -2.14. The summed E-state index contributed by atoms with van der Waals surface area (Å²) >= 11 is 1.74. The van der Waals surface area contributed by atoms with Gasteiger partial charge in [0.2, 0.25) is 0 Å². The van der Waals surface area contributed by atoms with Crippen LogP contribution in [0.5, 0.6) is 0 Å². The van der Waals surface area contributed by atoms with E-state index in [1.54, 1.807) is 11.3 Å². The van der Waals surface area contributed by atoms with Gasteiger partial charge in [-0.15, -0.1) is 0 Å². The molecule has 0 aromatic carbocycles. The molecule has 0 spiro atoms. The number of hydrogen-bond acceptors (Lipinski definition) is 3. The molecule has 1 heterocycles. The first kappa shape index (κ1) is 13.2. The lowest BCUT2D eigenvalue weighted by Gasteiger charge is -2.03. The van der Waals surface area contributed by atoms with Gasteiger partial charge < -0.3 is 10.4 Å². The number of hydrogen-bond donors (Lipinski definition) is 2. The van der Waals surface area contributed by atoms with E-state index in [4.69, 9.17) is 5.11 Å². The maximum atomic E-state index is 10.3. The summed E-state index contributed by atoms with van der Waals surface area (Å²) in [6.07, 6.45) is 3.12. The first-order chi connectivity index (χ1) is 7.70. The second kappa shape index (κ2) is 7.41. The molecule has 0 aliphatic heterocycles. The van der Waals surface area contributed by atoms with Crippen LogP contribution < -0.4 is 5.32 Å². The SMILES string of the molecule is Cc1cscc1CNCCCCCC(=O)O. The molecule has 0 bridgehead atoms. The van der Waals surface area contributed by atoms with Crippen molar-refractivity contribution in [2.45, 2.75) is 39.2 Å². The van der Waals surface area contributed by atoms with Gasteiger partial charge in [0.05, 0.1) is 0 Å². The highest BCUT2D eigenvalue weighted by Gasteiger charge is 1.99. The summed E-state index contributed by atoms with van der Waals surface area (Å²) in [4.78, 5) is 10.3. The molecule has 1 rings (SSSR count). The fourth-order valence-electron chi connectivity index (χ4n) is 1.49. The van der Waals surface area contributed by atoms with Gasteiger partial charge in [-0.3, -0.25) is 4.79 Å². The van der Waals surface area contributed by atoms with E-state index in [0.717, 1.165) is 32.4 Å². The van der Waals surface area contributed by atoms with Gasteiger partial charge >= 0.3 is 5.97 Å². The Morgan fingerprint density at radius 1 is 1.38 bits per heavy atom. The molecule has 2 N–H and O–H groups in total. The summed E-state index contributed by atoms with van der Waals surface area (Å²) < 4.78 is 0. The number of carbonyl (C=O) groups is 1. The van der Waals surface area contributed by atoms with Crippen LogP contribution in [-0.2, 0) is 11.3 Å². The highest BCUT2D eigenvalue weighted by molar-refractivity contribution is 7.08. The average molecular weight is 241 g/mol. The Bertz CT molecular complexity index is 323. The molecule has 0 fully saturated rings. The van der Waals surface area contributed by atoms with Gasteiger partial charge in [-0.2, -0.15) is 11.3 Å². The smallest absolute Gasteiger partial charge is 0.303 e. The second-order valence-electron chi connectivity index (χ2n) is 3.96. The van der Waals surface area contributed by atoms with Gasteiger partial charge in [0.1, 0.15) is 0 Å². The standard InChI is InChI=1S/C12H19NO2S/c1-10-8-16-9-11(10)7-13-6-4-2-3-5-12(14)15/h8-9,13H,2-7H2,1H3,(H,14,15). The van der Waals surface area contributed by atoms with Gasteiger partial charge in [-0.1, -0.05) is 6.42 Å². The van der Waals surface area contributed by atoms with Crippen LogP contribution in [0.1, 0.15) is 36.8 Å². The minimum atomic E-state index is -0.693. The quantitative estimate of drug-likeness (QED) is 0.688. The molecule has 1 aromatic rings. The number of carboxylic acids is 1. The van der Waals surface area contributed by atoms with E-state index in [9.17, 15) is 4.79 Å². The average Bonchev–Trinajstić information content (AvgIpc) is 2.62. The highest BCUT2D eigenvalue weighted by atomic mass is 32.1. The molecule has 16 heavy (non-hydrogen) atoms. The van der Waals surface area contributed by atoms with Gasteiger partial charge in [-0.25, -0.2) is 0 Å². The zero-order valence-corrected chi connectivity index (χ0v) is 10.5. The minimum Gasteiger partial charge on any atom is -0.481 e. The van der Waals surface area contributed by atoms with E-state index in [-0.39, 0.29) is 0 Å². The van der Waals surface area contributed by atoms with Gasteiger partial charge in [-0.05, 0) is 48.2 Å². The lowest BCUT2D eigenvalue weighted by atomic mass is 10.2. The molecule has 0 radical (unpaired) electrons. The third-order valence-electron chi connectivity index (χ3n) is 2.52. The molecular formula is C12H19NO2S. The molecule has 4 heteroatoms. The Morgan fingerprint density at radius 3 is 2.81 bits per heavy atom. The van der Waals surface area contributed by atoms with Crippen molar-refractivity contribution in [1.82, 2.24) is 5.32 Å². The molecule has 1 aromatic heterocycles. The monoisotopic (exact) mass is 241 g/mol. The third kappa shape index (κ3) is 5.28. The van der Waals surface area contributed by atoms with Crippen LogP contribution in [0.3, 0.4) is 0 Å². The lowest BCUT2D eigenvalue weighted by molar-refractivity contribution is -0.137. The number of rotatable bonds is 8. The predicted octanol–water partition coefficient (Wildman–Crippen LogP) is 2.79. The van der Waals surface area contributed by atoms with Crippen molar-refractivity contribution in [3.63, 3.8) is 0 Å². The first-order valence-corrected chi connectivity index (χ1v) is 6.58. The Labute approximate surface area is 100 Å². The molecule has 0 atom stereocenters. The fraction of sp³-hybridized carbons (Fsp3) is 0.583. The number of unbranched alkanes of at least 4 members (excludes halogenated alkanes) is 2. The number of aryl methyl sites for hydroxylation is 1. The number of nitrogens with one attached hydrogen (secondary N) is 1. The van der Waals surface area contributed by atoms with Gasteiger partial charge in [0, 0.05) is 13.0 Å². The Morgan fingerprint density at radius 2 is 2.19 bits per heavy atom. The minimum absolute atomic E-state index is 0.295. The van der Waals surface area contributed by atoms with Crippen molar-refractivity contribution in [2.75, 3.05) is 6.54 Å². The number of thiophene rings is 1. The zero-order valence-electron chi connectivity index (χ0n) is 9.66. The van der Waals surface area contributed by atoms with Crippen LogP contribution in [0.4, 0.5) is 0 Å². The van der Waals surface area contributed by atoms with E-state index in [2.05, 4.69) is 23.0 Å². The molecular weight excluding hydrogens is 222 g/mol. The Kier molecular flexibility index (Phi) is 6.11. The van der Waals surface area contributed by atoms with Crippen molar-refractivity contribution < 1.29 is 9.90 Å². The van der Waals surface area contributed by atoms with E-state index >= 15 is 0 Å². The Hall–Kier alpha value is -0.870. The highest BCUT2D eigenvalue weighted by Crippen LogP contribution is 2.12. The maximum absolute atomic E-state index is 10.3. The largest absolute Gasteiger partial charge is 0.481 e. The van der Waals surface area contributed by atoms with Crippen molar-refractivity contribution in [1.29, 1.82) is 0 Å². The molecule has 90 valence electrons. The maximum Gasteiger partial charge on any atom is 0.303 e. The van der Waals surface area contributed by atoms with Crippen molar-refractivity contribution in [3.05, 3.63) is 21.9 Å². The number of carboxylic acid groups (broad SMARTS) is 1. The van der Waals surface area contributed by atoms with Crippen molar-refractivity contribution in [2.24, 2.45) is 0 Å². The molecule has 0 saturated carbocycles. The molecule has 3 nitrogen and oxygen atoms in total. The van der Waals surface area contributed by atoms with Crippen LogP contribution in [0.25, 0.3) is 0 Å². The van der Waals surface area contributed by atoms with Crippen LogP contribution in [-0.4, -0.2) is 17.6 Å². The molecule has 0 amide bonds. The predicted molar refractivity (Wildman–Crippen MR) is 66.9 cm³/mol. The summed E-state index contributed by atoms with van der Waals surface area (Å²) in [5.74, 6) is -0.693. The van der Waals surface area contributed by atoms with E-state index < -0.39 is 5.97 Å². The summed E-state index contributed by atoms with van der Waals surface area (Å²) in [5, 5.41) is 16.2. The van der Waals surface area contributed by atoms with E-state index in [1.807, 2.05) is 0 Å². The normalized spacial score (nSPS) is 10.6. The van der Waals surface area contributed by atoms with Crippen LogP contribution in [0, 0.1) is 6.92 Å². The molecule has 0 aliphatic rings. The van der Waals surface area contributed by atoms with E-state index in [1.165, 1.54) is 11.1 Å². The van der Waals surface area contributed by atoms with Crippen molar-refractivity contribution >= 4 is 17.3 Å². The fourth-order valence-corrected chi connectivity index (χ4v) is 2.35. The topological polar surface area (TPSA) is 49.3 Å². The molecule has 0 unspecified atom stereocenters. The van der Waals surface area contributed by atoms with Crippen LogP contribution >= 0.6 is 11.3 Å². The van der Waals surface area contributed by atoms with Crippen molar-refractivity contribution in [3.8, 4) is 0 Å². The molecule has 0 saturated heterocycles. The van der Waals surface area contributed by atoms with E-state index in [0.29, 0.717) is 6.42 Å². The first-order valence-electron chi connectivity index (χ1n) is 5.64. The third-order valence-corrected chi connectivity index (χ3v) is 3.43. The molecule has 0 aliphatic carbocycles. The summed E-state index contributed by atoms with van der Waals surface area (Å²) in [7, 11) is 0. The van der Waals surface area contributed by atoms with Gasteiger partial charge in [0.25, 0.3) is 0 Å².